The Morgan fingerprint density at radius 1 is 1.04 bits per heavy atom. The van der Waals surface area contributed by atoms with Crippen molar-refractivity contribution in [2.75, 3.05) is 7.11 Å². The summed E-state index contributed by atoms with van der Waals surface area (Å²) in [7, 11) is 1.64. The van der Waals surface area contributed by atoms with Crippen LogP contribution in [0.25, 0.3) is 0 Å². The average molecular weight is 313 g/mol. The fourth-order valence-electron chi connectivity index (χ4n) is 2.30. The Morgan fingerprint density at radius 2 is 1.70 bits per heavy atom. The summed E-state index contributed by atoms with van der Waals surface area (Å²) in [6.45, 7) is 3.79. The second-order valence-corrected chi connectivity index (χ2v) is 5.32. The number of carbonyl (C=O) groups excluding carboxylic acids is 1. The summed E-state index contributed by atoms with van der Waals surface area (Å²) in [5.74, 6) is 1.36. The number of methoxy groups -OCH3 is 1. The maximum Gasteiger partial charge on any atom is 0.261 e. The van der Waals surface area contributed by atoms with E-state index >= 15 is 0 Å². The van der Waals surface area contributed by atoms with Crippen LogP contribution >= 0.6 is 0 Å². The van der Waals surface area contributed by atoms with Crippen molar-refractivity contribution in [2.24, 2.45) is 0 Å². The second kappa shape index (κ2) is 8.22. The number of nitrogens with one attached hydrogen (secondary N) is 1. The fraction of sp³-hybridized carbons (Fsp3) is 0.316. The molecule has 0 radical (unpaired) electrons. The van der Waals surface area contributed by atoms with Gasteiger partial charge in [-0.05, 0) is 43.2 Å². The molecule has 0 saturated carbocycles. The monoisotopic (exact) mass is 313 g/mol. The smallest absolute Gasteiger partial charge is 0.261 e. The highest BCUT2D eigenvalue weighted by Gasteiger charge is 2.19. The van der Waals surface area contributed by atoms with Crippen molar-refractivity contribution >= 4 is 5.91 Å². The van der Waals surface area contributed by atoms with Crippen LogP contribution in [0.4, 0.5) is 0 Å². The van der Waals surface area contributed by atoms with Gasteiger partial charge < -0.3 is 14.8 Å². The lowest BCUT2D eigenvalue weighted by Gasteiger charge is -2.21. The highest BCUT2D eigenvalue weighted by atomic mass is 16.5. The summed E-state index contributed by atoms with van der Waals surface area (Å²) in [6.07, 6.45) is 0.251. The molecule has 0 fully saturated rings. The molecule has 0 aliphatic carbocycles. The van der Waals surface area contributed by atoms with E-state index in [4.69, 9.17) is 9.47 Å². The number of benzene rings is 2. The molecule has 0 aliphatic heterocycles. The third-order valence-corrected chi connectivity index (χ3v) is 3.67. The third-order valence-electron chi connectivity index (χ3n) is 3.67. The SMILES string of the molecule is CC[C@H](NC(=O)[C@@H](C)Oc1ccccc1)c1ccc(OC)cc1. The van der Waals surface area contributed by atoms with Crippen molar-refractivity contribution in [3.63, 3.8) is 0 Å². The van der Waals surface area contributed by atoms with Crippen molar-refractivity contribution in [3.8, 4) is 11.5 Å². The Kier molecular flexibility index (Phi) is 6.03. The lowest BCUT2D eigenvalue weighted by atomic mass is 10.0. The van der Waals surface area contributed by atoms with Gasteiger partial charge in [0.2, 0.25) is 0 Å². The van der Waals surface area contributed by atoms with Crippen molar-refractivity contribution in [3.05, 3.63) is 60.2 Å². The maximum absolute atomic E-state index is 12.4. The number of rotatable bonds is 7. The molecule has 0 unspecified atom stereocenters. The van der Waals surface area contributed by atoms with Crippen molar-refractivity contribution in [2.45, 2.75) is 32.4 Å². The van der Waals surface area contributed by atoms with Gasteiger partial charge in [-0.25, -0.2) is 0 Å². The van der Waals surface area contributed by atoms with Gasteiger partial charge in [-0.3, -0.25) is 4.79 Å². The van der Waals surface area contributed by atoms with Gasteiger partial charge in [-0.1, -0.05) is 37.3 Å². The second-order valence-electron chi connectivity index (χ2n) is 5.32. The Morgan fingerprint density at radius 3 is 2.26 bits per heavy atom. The molecular formula is C19H23NO3. The van der Waals surface area contributed by atoms with Gasteiger partial charge >= 0.3 is 0 Å². The van der Waals surface area contributed by atoms with E-state index < -0.39 is 6.10 Å². The lowest BCUT2D eigenvalue weighted by molar-refractivity contribution is -0.128. The third kappa shape index (κ3) is 4.74. The van der Waals surface area contributed by atoms with E-state index in [0.29, 0.717) is 5.75 Å². The molecule has 4 heteroatoms. The van der Waals surface area contributed by atoms with Gasteiger partial charge in [-0.2, -0.15) is 0 Å². The molecule has 23 heavy (non-hydrogen) atoms. The maximum atomic E-state index is 12.4. The van der Waals surface area contributed by atoms with Gasteiger partial charge in [0, 0.05) is 0 Å². The van der Waals surface area contributed by atoms with Gasteiger partial charge in [-0.15, -0.1) is 0 Å². The standard InChI is InChI=1S/C19H23NO3/c1-4-18(15-10-12-16(22-3)13-11-15)20-19(21)14(2)23-17-8-6-5-7-9-17/h5-14,18H,4H2,1-3H3,(H,20,21)/t14-,18+/m1/s1. The minimum absolute atomic E-state index is 0.0461. The zero-order chi connectivity index (χ0) is 16.7. The van der Waals surface area contributed by atoms with Crippen LogP contribution in [0.3, 0.4) is 0 Å². The molecule has 2 aromatic carbocycles. The van der Waals surface area contributed by atoms with Crippen molar-refractivity contribution < 1.29 is 14.3 Å². The van der Waals surface area contributed by atoms with Gasteiger partial charge in [0.15, 0.2) is 6.10 Å². The number of para-hydroxylation sites is 1. The quantitative estimate of drug-likeness (QED) is 0.847. The first kappa shape index (κ1) is 16.9. The molecular weight excluding hydrogens is 290 g/mol. The van der Waals surface area contributed by atoms with Crippen LogP contribution in [0.15, 0.2) is 54.6 Å². The van der Waals surface area contributed by atoms with Crippen LogP contribution in [-0.4, -0.2) is 19.1 Å². The predicted octanol–water partition coefficient (Wildman–Crippen LogP) is 3.73. The molecule has 1 N–H and O–H groups in total. The Balaban J connectivity index is 1.98. The normalized spacial score (nSPS) is 13.0. The molecule has 0 aliphatic rings. The molecule has 2 aromatic rings. The molecule has 122 valence electrons. The zero-order valence-electron chi connectivity index (χ0n) is 13.8. The van der Waals surface area contributed by atoms with Crippen molar-refractivity contribution in [1.29, 1.82) is 0 Å². The summed E-state index contributed by atoms with van der Waals surface area (Å²) in [6, 6.07) is 17.0. The van der Waals surface area contributed by atoms with E-state index in [1.54, 1.807) is 14.0 Å². The molecule has 0 bridgehead atoms. The summed E-state index contributed by atoms with van der Waals surface area (Å²) < 4.78 is 10.8. The van der Waals surface area contributed by atoms with Crippen LogP contribution in [-0.2, 0) is 4.79 Å². The average Bonchev–Trinajstić information content (AvgIpc) is 2.60. The van der Waals surface area contributed by atoms with E-state index in [1.807, 2.05) is 61.5 Å². The molecule has 2 rings (SSSR count). The number of hydrogen-bond donors (Lipinski definition) is 1. The van der Waals surface area contributed by atoms with Crippen molar-refractivity contribution in [1.82, 2.24) is 5.32 Å². The van der Waals surface area contributed by atoms with Crippen LogP contribution in [0, 0.1) is 0 Å². The molecule has 0 aromatic heterocycles. The van der Waals surface area contributed by atoms with Crippen LogP contribution in [0.5, 0.6) is 11.5 Å². The van der Waals surface area contributed by atoms with Crippen LogP contribution in [0.2, 0.25) is 0 Å². The Bertz CT molecular complexity index is 610. The largest absolute Gasteiger partial charge is 0.497 e. The van der Waals surface area contributed by atoms with Gasteiger partial charge in [0.05, 0.1) is 13.2 Å². The predicted molar refractivity (Wildman–Crippen MR) is 90.7 cm³/mol. The summed E-state index contributed by atoms with van der Waals surface area (Å²) in [4.78, 5) is 12.4. The zero-order valence-corrected chi connectivity index (χ0v) is 13.8. The van der Waals surface area contributed by atoms with Crippen LogP contribution < -0.4 is 14.8 Å². The number of hydrogen-bond acceptors (Lipinski definition) is 3. The Labute approximate surface area is 137 Å². The summed E-state index contributed by atoms with van der Waals surface area (Å²) in [5, 5.41) is 3.04. The molecule has 0 saturated heterocycles. The number of ether oxygens (including phenoxy) is 2. The fourth-order valence-corrected chi connectivity index (χ4v) is 2.30. The molecule has 2 atom stereocenters. The van der Waals surface area contributed by atoms with E-state index in [1.165, 1.54) is 0 Å². The molecule has 1 amide bonds. The van der Waals surface area contributed by atoms with Gasteiger partial charge in [0.1, 0.15) is 11.5 Å². The lowest BCUT2D eigenvalue weighted by Crippen LogP contribution is -2.38. The van der Waals surface area contributed by atoms with E-state index in [-0.39, 0.29) is 11.9 Å². The van der Waals surface area contributed by atoms with E-state index in [0.717, 1.165) is 17.7 Å². The number of carbonyl (C=O) groups is 1. The van der Waals surface area contributed by atoms with E-state index in [2.05, 4.69) is 5.32 Å². The summed E-state index contributed by atoms with van der Waals surface area (Å²) in [5.41, 5.74) is 1.05. The first-order chi connectivity index (χ1) is 11.1. The minimum atomic E-state index is -0.551. The molecule has 4 nitrogen and oxygen atoms in total. The highest BCUT2D eigenvalue weighted by Crippen LogP contribution is 2.20. The first-order valence-electron chi connectivity index (χ1n) is 7.80. The Hall–Kier alpha value is -2.49. The topological polar surface area (TPSA) is 47.6 Å². The first-order valence-corrected chi connectivity index (χ1v) is 7.80. The summed E-state index contributed by atoms with van der Waals surface area (Å²) >= 11 is 0. The minimum Gasteiger partial charge on any atom is -0.497 e. The van der Waals surface area contributed by atoms with Gasteiger partial charge in [0.25, 0.3) is 5.91 Å². The number of amides is 1. The molecule has 0 heterocycles. The molecule has 0 spiro atoms. The van der Waals surface area contributed by atoms with Crippen LogP contribution in [0.1, 0.15) is 31.9 Å². The highest BCUT2D eigenvalue weighted by molar-refractivity contribution is 5.81. The van der Waals surface area contributed by atoms with E-state index in [9.17, 15) is 4.79 Å².